The summed E-state index contributed by atoms with van der Waals surface area (Å²) in [6, 6.07) is 11.7. The second kappa shape index (κ2) is 7.77. The molecule has 1 aliphatic heterocycles. The predicted molar refractivity (Wildman–Crippen MR) is 92.3 cm³/mol. The lowest BCUT2D eigenvalue weighted by Crippen LogP contribution is -2.51. The zero-order valence-corrected chi connectivity index (χ0v) is 13.9. The number of furan rings is 1. The van der Waals surface area contributed by atoms with Gasteiger partial charge in [0.05, 0.1) is 19.4 Å². The number of carbonyl (C=O) groups is 1. The molecule has 3 rings (SSSR count). The van der Waals surface area contributed by atoms with E-state index in [0.717, 1.165) is 30.3 Å². The van der Waals surface area contributed by atoms with Crippen molar-refractivity contribution in [2.45, 2.75) is 13.5 Å². The lowest BCUT2D eigenvalue weighted by molar-refractivity contribution is 0.193. The van der Waals surface area contributed by atoms with Crippen LogP contribution in [0.1, 0.15) is 12.7 Å². The fourth-order valence-electron chi connectivity index (χ4n) is 2.78. The second-order valence-electron chi connectivity index (χ2n) is 5.64. The molecule has 1 saturated heterocycles. The van der Waals surface area contributed by atoms with Crippen molar-refractivity contribution in [3.05, 3.63) is 48.4 Å². The van der Waals surface area contributed by atoms with Gasteiger partial charge in [-0.15, -0.1) is 0 Å². The normalized spacial score (nSPS) is 14.5. The monoisotopic (exact) mass is 329 g/mol. The van der Waals surface area contributed by atoms with Crippen molar-refractivity contribution in [3.8, 4) is 5.75 Å². The van der Waals surface area contributed by atoms with Crippen LogP contribution in [0.15, 0.2) is 47.1 Å². The third-order valence-electron chi connectivity index (χ3n) is 4.07. The quantitative estimate of drug-likeness (QED) is 0.916. The van der Waals surface area contributed by atoms with Crippen LogP contribution in [-0.4, -0.2) is 43.7 Å². The summed E-state index contributed by atoms with van der Waals surface area (Å²) < 4.78 is 10.7. The van der Waals surface area contributed by atoms with E-state index in [2.05, 4.69) is 22.3 Å². The molecule has 0 bridgehead atoms. The smallest absolute Gasteiger partial charge is 0.317 e. The van der Waals surface area contributed by atoms with E-state index in [0.29, 0.717) is 26.2 Å². The van der Waals surface area contributed by atoms with Crippen molar-refractivity contribution >= 4 is 11.7 Å². The average molecular weight is 329 g/mol. The average Bonchev–Trinajstić information content (AvgIpc) is 3.14. The highest BCUT2D eigenvalue weighted by atomic mass is 16.5. The standard InChI is InChI=1S/C18H23N3O3/c1-2-23-16-7-5-15(6-8-16)20-9-11-21(12-10-20)18(22)19-14-17-4-3-13-24-17/h3-8,13H,2,9-12,14H2,1H3,(H,19,22). The van der Waals surface area contributed by atoms with E-state index in [9.17, 15) is 4.79 Å². The first-order valence-electron chi connectivity index (χ1n) is 8.29. The minimum absolute atomic E-state index is 0.0438. The van der Waals surface area contributed by atoms with Crippen molar-refractivity contribution in [1.82, 2.24) is 10.2 Å². The molecule has 0 aliphatic carbocycles. The van der Waals surface area contributed by atoms with Gasteiger partial charge in [0.2, 0.25) is 0 Å². The van der Waals surface area contributed by atoms with E-state index in [1.807, 2.05) is 36.1 Å². The van der Waals surface area contributed by atoms with Crippen molar-refractivity contribution < 1.29 is 13.9 Å². The first-order valence-corrected chi connectivity index (χ1v) is 8.29. The number of hydrogen-bond donors (Lipinski definition) is 1. The summed E-state index contributed by atoms with van der Waals surface area (Å²) in [4.78, 5) is 16.3. The number of ether oxygens (including phenoxy) is 1. The molecule has 6 heteroatoms. The van der Waals surface area contributed by atoms with Crippen molar-refractivity contribution in [2.24, 2.45) is 0 Å². The van der Waals surface area contributed by atoms with Crippen LogP contribution in [0, 0.1) is 0 Å². The molecule has 1 aliphatic rings. The molecule has 1 fully saturated rings. The van der Waals surface area contributed by atoms with Gasteiger partial charge in [-0.25, -0.2) is 4.79 Å². The second-order valence-corrected chi connectivity index (χ2v) is 5.64. The van der Waals surface area contributed by atoms with Gasteiger partial charge in [-0.1, -0.05) is 0 Å². The summed E-state index contributed by atoms with van der Waals surface area (Å²) in [6.45, 7) is 6.12. The van der Waals surface area contributed by atoms with E-state index in [1.165, 1.54) is 0 Å². The molecule has 24 heavy (non-hydrogen) atoms. The molecule has 2 aromatic rings. The van der Waals surface area contributed by atoms with Gasteiger partial charge in [0, 0.05) is 31.9 Å². The molecule has 0 spiro atoms. The lowest BCUT2D eigenvalue weighted by Gasteiger charge is -2.36. The highest BCUT2D eigenvalue weighted by Crippen LogP contribution is 2.20. The number of anilines is 1. The van der Waals surface area contributed by atoms with Crippen LogP contribution in [-0.2, 0) is 6.54 Å². The predicted octanol–water partition coefficient (Wildman–Crippen LogP) is 2.71. The van der Waals surface area contributed by atoms with Crippen molar-refractivity contribution in [2.75, 3.05) is 37.7 Å². The third-order valence-corrected chi connectivity index (χ3v) is 4.07. The number of benzene rings is 1. The molecule has 2 heterocycles. The number of hydrogen-bond acceptors (Lipinski definition) is 4. The summed E-state index contributed by atoms with van der Waals surface area (Å²) in [5.74, 6) is 1.65. The van der Waals surface area contributed by atoms with Gasteiger partial charge in [0.1, 0.15) is 11.5 Å². The summed E-state index contributed by atoms with van der Waals surface area (Å²) in [5, 5.41) is 2.89. The number of urea groups is 1. The summed E-state index contributed by atoms with van der Waals surface area (Å²) in [7, 11) is 0. The Morgan fingerprint density at radius 2 is 1.92 bits per heavy atom. The largest absolute Gasteiger partial charge is 0.494 e. The Bertz CT molecular complexity index is 632. The Hall–Kier alpha value is -2.63. The molecule has 6 nitrogen and oxygen atoms in total. The molecule has 1 N–H and O–H groups in total. The van der Waals surface area contributed by atoms with Gasteiger partial charge >= 0.3 is 6.03 Å². The topological polar surface area (TPSA) is 58.0 Å². The van der Waals surface area contributed by atoms with E-state index in [-0.39, 0.29) is 6.03 Å². The summed E-state index contributed by atoms with van der Waals surface area (Å²) in [5.41, 5.74) is 1.16. The van der Waals surface area contributed by atoms with Gasteiger partial charge in [-0.3, -0.25) is 0 Å². The van der Waals surface area contributed by atoms with Crippen LogP contribution < -0.4 is 15.0 Å². The number of carbonyl (C=O) groups excluding carboxylic acids is 1. The first-order chi connectivity index (χ1) is 11.8. The van der Waals surface area contributed by atoms with E-state index in [1.54, 1.807) is 6.26 Å². The highest BCUT2D eigenvalue weighted by molar-refractivity contribution is 5.74. The van der Waals surface area contributed by atoms with Crippen LogP contribution in [0.3, 0.4) is 0 Å². The van der Waals surface area contributed by atoms with Gasteiger partial charge < -0.3 is 24.3 Å². The lowest BCUT2D eigenvalue weighted by atomic mass is 10.2. The molecule has 0 radical (unpaired) electrons. The number of nitrogens with one attached hydrogen (secondary N) is 1. The fraction of sp³-hybridized carbons (Fsp3) is 0.389. The van der Waals surface area contributed by atoms with Crippen LogP contribution in [0.5, 0.6) is 5.75 Å². The maximum absolute atomic E-state index is 12.2. The van der Waals surface area contributed by atoms with Crippen LogP contribution >= 0.6 is 0 Å². The fourth-order valence-corrected chi connectivity index (χ4v) is 2.78. The highest BCUT2D eigenvalue weighted by Gasteiger charge is 2.21. The molecule has 1 aromatic heterocycles. The molecule has 0 unspecified atom stereocenters. The van der Waals surface area contributed by atoms with Crippen LogP contribution in [0.25, 0.3) is 0 Å². The maximum Gasteiger partial charge on any atom is 0.317 e. The van der Waals surface area contributed by atoms with E-state index >= 15 is 0 Å². The third kappa shape index (κ3) is 4.01. The summed E-state index contributed by atoms with van der Waals surface area (Å²) in [6.07, 6.45) is 1.61. The minimum atomic E-state index is -0.0438. The van der Waals surface area contributed by atoms with Gasteiger partial charge in [0.15, 0.2) is 0 Å². The molecule has 2 amide bonds. The first kappa shape index (κ1) is 16.2. The maximum atomic E-state index is 12.2. The Morgan fingerprint density at radius 1 is 1.17 bits per heavy atom. The van der Waals surface area contributed by atoms with Crippen LogP contribution in [0.4, 0.5) is 10.5 Å². The summed E-state index contributed by atoms with van der Waals surface area (Å²) >= 11 is 0. The minimum Gasteiger partial charge on any atom is -0.494 e. The van der Waals surface area contributed by atoms with E-state index in [4.69, 9.17) is 9.15 Å². The Morgan fingerprint density at radius 3 is 2.54 bits per heavy atom. The molecule has 128 valence electrons. The van der Waals surface area contributed by atoms with E-state index < -0.39 is 0 Å². The molecule has 1 aromatic carbocycles. The number of piperazine rings is 1. The zero-order valence-electron chi connectivity index (χ0n) is 13.9. The number of rotatable bonds is 5. The molecular formula is C18H23N3O3. The van der Waals surface area contributed by atoms with Gasteiger partial charge in [-0.2, -0.15) is 0 Å². The van der Waals surface area contributed by atoms with Crippen LogP contribution in [0.2, 0.25) is 0 Å². The van der Waals surface area contributed by atoms with Crippen molar-refractivity contribution in [1.29, 1.82) is 0 Å². The molecule has 0 atom stereocenters. The van der Waals surface area contributed by atoms with Gasteiger partial charge in [0.25, 0.3) is 0 Å². The number of nitrogens with zero attached hydrogens (tertiary/aromatic N) is 2. The van der Waals surface area contributed by atoms with Crippen molar-refractivity contribution in [3.63, 3.8) is 0 Å². The Balaban J connectivity index is 1.47. The number of amides is 2. The molecule has 0 saturated carbocycles. The Labute approximate surface area is 142 Å². The molecular weight excluding hydrogens is 306 g/mol. The van der Waals surface area contributed by atoms with Gasteiger partial charge in [-0.05, 0) is 43.3 Å². The zero-order chi connectivity index (χ0) is 16.8. The SMILES string of the molecule is CCOc1ccc(N2CCN(C(=O)NCc3ccco3)CC2)cc1. The Kier molecular flexibility index (Phi) is 5.25.